The number of fused-ring (bicyclic) bond motifs is 1. The Morgan fingerprint density at radius 1 is 1.07 bits per heavy atom. The lowest BCUT2D eigenvalue weighted by atomic mass is 10.2. The van der Waals surface area contributed by atoms with Gasteiger partial charge in [-0.1, -0.05) is 6.42 Å². The summed E-state index contributed by atoms with van der Waals surface area (Å²) in [5, 5.41) is 11.6. The standard InChI is InChI=1S/C11H18N4/c1-12-8-7-11-13-9-5-3-2-4-6-10(9)14-15-11/h12H,2-8H2,1H3. The molecule has 0 saturated carbocycles. The van der Waals surface area contributed by atoms with Gasteiger partial charge in [-0.2, -0.15) is 5.10 Å². The van der Waals surface area contributed by atoms with Gasteiger partial charge in [0.05, 0.1) is 11.4 Å². The first-order chi connectivity index (χ1) is 7.40. The van der Waals surface area contributed by atoms with Gasteiger partial charge in [-0.15, -0.1) is 5.10 Å². The molecule has 0 atom stereocenters. The van der Waals surface area contributed by atoms with Crippen molar-refractivity contribution in [3.05, 3.63) is 17.2 Å². The van der Waals surface area contributed by atoms with Crippen molar-refractivity contribution in [2.75, 3.05) is 13.6 Å². The van der Waals surface area contributed by atoms with E-state index in [1.165, 1.54) is 25.0 Å². The zero-order valence-corrected chi connectivity index (χ0v) is 9.29. The van der Waals surface area contributed by atoms with Crippen LogP contribution in [-0.2, 0) is 19.3 Å². The fourth-order valence-corrected chi connectivity index (χ4v) is 1.92. The molecule has 0 aromatic carbocycles. The van der Waals surface area contributed by atoms with E-state index in [4.69, 9.17) is 0 Å². The van der Waals surface area contributed by atoms with Gasteiger partial charge in [0.15, 0.2) is 5.82 Å². The number of likely N-dealkylation sites (N-methyl/N-ethyl adjacent to an activating group) is 1. The molecule has 2 rings (SSSR count). The summed E-state index contributed by atoms with van der Waals surface area (Å²) in [5.74, 6) is 0.880. The topological polar surface area (TPSA) is 50.7 Å². The molecular weight excluding hydrogens is 188 g/mol. The number of rotatable bonds is 3. The first-order valence-corrected chi connectivity index (χ1v) is 5.76. The highest BCUT2D eigenvalue weighted by atomic mass is 15.2. The Morgan fingerprint density at radius 2 is 1.87 bits per heavy atom. The first-order valence-electron chi connectivity index (χ1n) is 5.76. The smallest absolute Gasteiger partial charge is 0.152 e. The van der Waals surface area contributed by atoms with E-state index in [9.17, 15) is 0 Å². The van der Waals surface area contributed by atoms with Crippen LogP contribution < -0.4 is 5.32 Å². The number of aromatic nitrogens is 3. The molecular formula is C11H18N4. The molecule has 0 spiro atoms. The molecule has 1 heterocycles. The summed E-state index contributed by atoms with van der Waals surface area (Å²) in [6.45, 7) is 0.917. The van der Waals surface area contributed by atoms with E-state index in [2.05, 4.69) is 20.5 Å². The molecule has 0 bridgehead atoms. The Labute approximate surface area is 90.5 Å². The van der Waals surface area contributed by atoms with Crippen LogP contribution in [0.3, 0.4) is 0 Å². The summed E-state index contributed by atoms with van der Waals surface area (Å²) < 4.78 is 0. The van der Waals surface area contributed by atoms with E-state index in [0.29, 0.717) is 0 Å². The van der Waals surface area contributed by atoms with E-state index < -0.39 is 0 Å². The zero-order chi connectivity index (χ0) is 10.5. The van der Waals surface area contributed by atoms with Gasteiger partial charge in [-0.3, -0.25) is 0 Å². The lowest BCUT2D eigenvalue weighted by Gasteiger charge is -2.04. The summed E-state index contributed by atoms with van der Waals surface area (Å²) in [5.41, 5.74) is 2.31. The van der Waals surface area contributed by atoms with Crippen LogP contribution in [0.4, 0.5) is 0 Å². The maximum absolute atomic E-state index is 4.60. The minimum absolute atomic E-state index is 0.872. The molecule has 0 saturated heterocycles. The fraction of sp³-hybridized carbons (Fsp3) is 0.727. The second-order valence-corrected chi connectivity index (χ2v) is 4.04. The van der Waals surface area contributed by atoms with Crippen molar-refractivity contribution < 1.29 is 0 Å². The molecule has 1 N–H and O–H groups in total. The van der Waals surface area contributed by atoms with Gasteiger partial charge in [-0.25, -0.2) is 4.98 Å². The van der Waals surface area contributed by atoms with Gasteiger partial charge in [0, 0.05) is 13.0 Å². The number of nitrogens with zero attached hydrogens (tertiary/aromatic N) is 3. The lowest BCUT2D eigenvalue weighted by Crippen LogP contribution is -2.14. The Hall–Kier alpha value is -1.03. The SMILES string of the molecule is CNCCc1nnc2c(n1)CCCCC2. The third-order valence-corrected chi connectivity index (χ3v) is 2.81. The highest BCUT2D eigenvalue weighted by Crippen LogP contribution is 2.16. The van der Waals surface area contributed by atoms with Crippen molar-refractivity contribution in [2.24, 2.45) is 0 Å². The molecule has 1 aromatic heterocycles. The molecule has 0 fully saturated rings. The predicted octanol–water partition coefficient (Wildman–Crippen LogP) is 0.902. The van der Waals surface area contributed by atoms with Crippen LogP contribution in [0.25, 0.3) is 0 Å². The van der Waals surface area contributed by atoms with Crippen LogP contribution in [0.15, 0.2) is 0 Å². The zero-order valence-electron chi connectivity index (χ0n) is 9.29. The van der Waals surface area contributed by atoms with Gasteiger partial charge in [-0.05, 0) is 32.7 Å². The van der Waals surface area contributed by atoms with Crippen LogP contribution in [-0.4, -0.2) is 28.8 Å². The number of hydrogen-bond acceptors (Lipinski definition) is 4. The second kappa shape index (κ2) is 5.16. The number of nitrogens with one attached hydrogen (secondary N) is 1. The molecule has 1 aromatic rings. The predicted molar refractivity (Wildman–Crippen MR) is 58.7 cm³/mol. The van der Waals surface area contributed by atoms with E-state index in [0.717, 1.165) is 37.3 Å². The molecule has 4 heteroatoms. The van der Waals surface area contributed by atoms with Gasteiger partial charge in [0.1, 0.15) is 0 Å². The molecule has 1 aliphatic carbocycles. The van der Waals surface area contributed by atoms with Gasteiger partial charge >= 0.3 is 0 Å². The maximum atomic E-state index is 4.60. The number of aryl methyl sites for hydroxylation is 2. The van der Waals surface area contributed by atoms with E-state index in [1.807, 2.05) is 7.05 Å². The Bertz CT molecular complexity index is 324. The average molecular weight is 206 g/mol. The summed E-state index contributed by atoms with van der Waals surface area (Å²) in [7, 11) is 1.94. The fourth-order valence-electron chi connectivity index (χ4n) is 1.92. The molecule has 0 amide bonds. The molecule has 0 unspecified atom stereocenters. The van der Waals surface area contributed by atoms with Crippen molar-refractivity contribution in [1.29, 1.82) is 0 Å². The average Bonchev–Trinajstić information content (AvgIpc) is 2.50. The quantitative estimate of drug-likeness (QED) is 0.747. The minimum Gasteiger partial charge on any atom is -0.319 e. The third-order valence-electron chi connectivity index (χ3n) is 2.81. The van der Waals surface area contributed by atoms with Crippen LogP contribution in [0.5, 0.6) is 0 Å². The third kappa shape index (κ3) is 2.72. The Kier molecular flexibility index (Phi) is 3.61. The van der Waals surface area contributed by atoms with Crippen LogP contribution in [0.1, 0.15) is 36.5 Å². The molecule has 4 nitrogen and oxygen atoms in total. The summed E-state index contributed by atoms with van der Waals surface area (Å²) in [4.78, 5) is 4.60. The largest absolute Gasteiger partial charge is 0.319 e. The van der Waals surface area contributed by atoms with Crippen LogP contribution >= 0.6 is 0 Å². The van der Waals surface area contributed by atoms with Crippen molar-refractivity contribution in [2.45, 2.75) is 38.5 Å². The molecule has 0 radical (unpaired) electrons. The first kappa shape index (κ1) is 10.5. The molecule has 15 heavy (non-hydrogen) atoms. The Balaban J connectivity index is 2.13. The minimum atomic E-state index is 0.872. The second-order valence-electron chi connectivity index (χ2n) is 4.04. The highest BCUT2D eigenvalue weighted by Gasteiger charge is 2.11. The molecule has 82 valence electrons. The number of hydrogen-bond donors (Lipinski definition) is 1. The normalized spacial score (nSPS) is 15.8. The maximum Gasteiger partial charge on any atom is 0.152 e. The van der Waals surface area contributed by atoms with Gasteiger partial charge < -0.3 is 5.32 Å². The molecule has 1 aliphatic rings. The van der Waals surface area contributed by atoms with Gasteiger partial charge in [0.25, 0.3) is 0 Å². The van der Waals surface area contributed by atoms with Gasteiger partial charge in [0.2, 0.25) is 0 Å². The van der Waals surface area contributed by atoms with Crippen LogP contribution in [0.2, 0.25) is 0 Å². The highest BCUT2D eigenvalue weighted by molar-refractivity contribution is 5.12. The summed E-state index contributed by atoms with van der Waals surface area (Å²) >= 11 is 0. The lowest BCUT2D eigenvalue weighted by molar-refractivity contribution is 0.705. The van der Waals surface area contributed by atoms with Crippen molar-refractivity contribution >= 4 is 0 Å². The van der Waals surface area contributed by atoms with E-state index >= 15 is 0 Å². The van der Waals surface area contributed by atoms with E-state index in [-0.39, 0.29) is 0 Å². The van der Waals surface area contributed by atoms with Crippen LogP contribution in [0, 0.1) is 0 Å². The monoisotopic (exact) mass is 206 g/mol. The van der Waals surface area contributed by atoms with E-state index in [1.54, 1.807) is 0 Å². The summed E-state index contributed by atoms with van der Waals surface area (Å²) in [6.07, 6.45) is 6.79. The molecule has 0 aliphatic heterocycles. The van der Waals surface area contributed by atoms with Crippen molar-refractivity contribution in [3.63, 3.8) is 0 Å². The Morgan fingerprint density at radius 3 is 2.67 bits per heavy atom. The van der Waals surface area contributed by atoms with Crippen molar-refractivity contribution in [3.8, 4) is 0 Å². The summed E-state index contributed by atoms with van der Waals surface area (Å²) in [6, 6.07) is 0. The van der Waals surface area contributed by atoms with Crippen molar-refractivity contribution in [1.82, 2.24) is 20.5 Å².